The van der Waals surface area contributed by atoms with Crippen LogP contribution in [0.25, 0.3) is 0 Å². The van der Waals surface area contributed by atoms with E-state index in [4.69, 9.17) is 6.42 Å². The molecule has 0 unspecified atom stereocenters. The first-order valence-electron chi connectivity index (χ1n) is 8.19. The molecule has 1 aromatic carbocycles. The van der Waals surface area contributed by atoms with E-state index >= 15 is 0 Å². The molecule has 26 heavy (non-hydrogen) atoms. The lowest BCUT2D eigenvalue weighted by Gasteiger charge is -2.27. The number of carbonyl (C=O) groups is 1. The fraction of sp³-hybridized carbons (Fsp3) is 0.500. The number of aromatic hydroxyl groups is 1. The van der Waals surface area contributed by atoms with Crippen molar-refractivity contribution in [3.8, 4) is 18.1 Å². The molecule has 5 nitrogen and oxygen atoms in total. The van der Waals surface area contributed by atoms with Crippen molar-refractivity contribution in [3.05, 3.63) is 28.8 Å². The normalized spacial score (nSPS) is 10.9. The van der Waals surface area contributed by atoms with Crippen LogP contribution in [0.4, 0.5) is 0 Å². The monoisotopic (exact) mass is 378 g/mol. The van der Waals surface area contributed by atoms with Crippen molar-refractivity contribution in [1.29, 1.82) is 0 Å². The summed E-state index contributed by atoms with van der Waals surface area (Å²) in [6, 6.07) is 4.18. The number of hydrogen-bond donors (Lipinski definition) is 3. The first kappa shape index (κ1) is 23.9. The number of carbonyl (C=O) groups excluding carboxylic acids is 1. The van der Waals surface area contributed by atoms with Crippen LogP contribution < -0.4 is 10.8 Å². The Morgan fingerprint density at radius 3 is 1.88 bits per heavy atom. The number of aryl methyl sites for hydroxylation is 1. The van der Waals surface area contributed by atoms with Gasteiger partial charge in [0.05, 0.1) is 7.11 Å². The predicted molar refractivity (Wildman–Crippen MR) is 110 cm³/mol. The number of hydroxylamine groups is 1. The summed E-state index contributed by atoms with van der Waals surface area (Å²) in [7, 11) is 1.37. The van der Waals surface area contributed by atoms with Crippen LogP contribution in [0.15, 0.2) is 12.1 Å². The van der Waals surface area contributed by atoms with Crippen molar-refractivity contribution < 1.29 is 14.7 Å². The van der Waals surface area contributed by atoms with Crippen LogP contribution in [0.2, 0.25) is 0 Å². The Kier molecular flexibility index (Phi) is 8.79. The second-order valence-corrected chi connectivity index (χ2v) is 8.35. The molecular weight excluding hydrogens is 348 g/mol. The number of rotatable bonds is 1. The van der Waals surface area contributed by atoms with Gasteiger partial charge in [0.25, 0.3) is 0 Å². The molecular formula is C20H30N2O3S. The van der Waals surface area contributed by atoms with Crippen LogP contribution in [0, 0.1) is 19.3 Å². The van der Waals surface area contributed by atoms with Gasteiger partial charge in [0.2, 0.25) is 0 Å². The molecule has 1 amide bonds. The van der Waals surface area contributed by atoms with Crippen LogP contribution in [-0.4, -0.2) is 23.2 Å². The van der Waals surface area contributed by atoms with Gasteiger partial charge in [-0.2, -0.15) is 0 Å². The Morgan fingerprint density at radius 2 is 1.58 bits per heavy atom. The molecule has 0 fully saturated rings. The van der Waals surface area contributed by atoms with Gasteiger partial charge in [-0.25, -0.2) is 5.48 Å². The third kappa shape index (κ3) is 7.85. The molecule has 0 atom stereocenters. The summed E-state index contributed by atoms with van der Waals surface area (Å²) in [5, 5.41) is 12.6. The van der Waals surface area contributed by atoms with Crippen LogP contribution in [0.1, 0.15) is 58.2 Å². The molecule has 1 rings (SSSR count). The van der Waals surface area contributed by atoms with E-state index in [2.05, 4.69) is 88.5 Å². The topological polar surface area (TPSA) is 70.6 Å². The molecule has 3 N–H and O–H groups in total. The van der Waals surface area contributed by atoms with Crippen LogP contribution in [0.3, 0.4) is 0 Å². The zero-order chi connectivity index (χ0) is 20.7. The maximum atomic E-state index is 10.4. The van der Waals surface area contributed by atoms with E-state index < -0.39 is 5.91 Å². The molecule has 0 aliphatic carbocycles. The number of benzene rings is 1. The summed E-state index contributed by atoms with van der Waals surface area (Å²) in [6.45, 7) is 14.9. The van der Waals surface area contributed by atoms with Crippen molar-refractivity contribution >= 4 is 23.2 Å². The fourth-order valence-corrected chi connectivity index (χ4v) is 2.36. The van der Waals surface area contributed by atoms with E-state index in [9.17, 15) is 9.90 Å². The lowest BCUT2D eigenvalue weighted by Crippen LogP contribution is -2.37. The van der Waals surface area contributed by atoms with Gasteiger partial charge in [-0.1, -0.05) is 59.2 Å². The highest BCUT2D eigenvalue weighted by atomic mass is 32.1. The van der Waals surface area contributed by atoms with Crippen LogP contribution in [-0.2, 0) is 20.5 Å². The molecule has 0 heterocycles. The fourth-order valence-electron chi connectivity index (χ4n) is 2.18. The number of terminal acetylenes is 1. The summed E-state index contributed by atoms with van der Waals surface area (Å²) < 4.78 is 0. The predicted octanol–water partition coefficient (Wildman–Crippen LogP) is 3.47. The van der Waals surface area contributed by atoms with E-state index in [-0.39, 0.29) is 15.9 Å². The van der Waals surface area contributed by atoms with E-state index in [1.165, 1.54) is 12.7 Å². The SMILES string of the molecule is C#CC(=O)NC(=S)NOC.Cc1cc(C(C)(C)C)c(O)c(C(C)(C)C)c1. The van der Waals surface area contributed by atoms with Crippen molar-refractivity contribution in [2.45, 2.75) is 59.3 Å². The Morgan fingerprint density at radius 1 is 1.15 bits per heavy atom. The zero-order valence-electron chi connectivity index (χ0n) is 16.9. The Balaban J connectivity index is 0.000000541. The van der Waals surface area contributed by atoms with Gasteiger partial charge >= 0.3 is 5.91 Å². The molecule has 0 radical (unpaired) electrons. The minimum absolute atomic E-state index is 0.0178. The van der Waals surface area contributed by atoms with Crippen molar-refractivity contribution in [2.24, 2.45) is 0 Å². The quantitative estimate of drug-likeness (QED) is 0.397. The highest BCUT2D eigenvalue weighted by Gasteiger charge is 2.25. The second kappa shape index (κ2) is 9.56. The summed E-state index contributed by atoms with van der Waals surface area (Å²) in [6.07, 6.45) is 4.73. The number of phenolic OH excluding ortho intramolecular Hbond substituents is 1. The number of phenols is 1. The maximum absolute atomic E-state index is 10.4. The molecule has 0 bridgehead atoms. The van der Waals surface area contributed by atoms with E-state index in [1.807, 2.05) is 5.92 Å². The number of thiocarbonyl (C=S) groups is 1. The molecule has 6 heteroatoms. The number of hydrogen-bond acceptors (Lipinski definition) is 4. The van der Waals surface area contributed by atoms with Crippen LogP contribution in [0.5, 0.6) is 5.75 Å². The zero-order valence-corrected chi connectivity index (χ0v) is 17.7. The lowest BCUT2D eigenvalue weighted by atomic mass is 9.78. The van der Waals surface area contributed by atoms with E-state index in [0.717, 1.165) is 11.1 Å². The molecule has 0 saturated carbocycles. The first-order chi connectivity index (χ1) is 11.7. The van der Waals surface area contributed by atoms with E-state index in [0.29, 0.717) is 5.75 Å². The maximum Gasteiger partial charge on any atom is 0.301 e. The van der Waals surface area contributed by atoms with Crippen molar-refractivity contribution in [3.63, 3.8) is 0 Å². The minimum atomic E-state index is -0.602. The molecule has 0 spiro atoms. The van der Waals surface area contributed by atoms with Crippen LogP contribution >= 0.6 is 12.2 Å². The summed E-state index contributed by atoms with van der Waals surface area (Å²) in [4.78, 5) is 14.7. The highest BCUT2D eigenvalue weighted by Crippen LogP contribution is 2.39. The summed E-state index contributed by atoms with van der Waals surface area (Å²) in [5.41, 5.74) is 5.47. The second-order valence-electron chi connectivity index (χ2n) is 7.94. The van der Waals surface area contributed by atoms with Gasteiger partial charge in [0.1, 0.15) is 5.75 Å². The van der Waals surface area contributed by atoms with Gasteiger partial charge in [-0.15, -0.1) is 6.42 Å². The Hall–Kier alpha value is -2.10. The smallest absolute Gasteiger partial charge is 0.301 e. The minimum Gasteiger partial charge on any atom is -0.507 e. The first-order valence-corrected chi connectivity index (χ1v) is 8.60. The van der Waals surface area contributed by atoms with Gasteiger partial charge in [0.15, 0.2) is 5.11 Å². The lowest BCUT2D eigenvalue weighted by molar-refractivity contribution is -0.114. The van der Waals surface area contributed by atoms with Gasteiger partial charge < -0.3 is 5.11 Å². The molecule has 0 saturated heterocycles. The average Bonchev–Trinajstić information content (AvgIpc) is 2.47. The average molecular weight is 379 g/mol. The van der Waals surface area contributed by atoms with Gasteiger partial charge in [0, 0.05) is 0 Å². The molecule has 0 aromatic heterocycles. The number of amides is 1. The van der Waals surface area contributed by atoms with E-state index in [1.54, 1.807) is 0 Å². The number of nitrogens with one attached hydrogen (secondary N) is 2. The third-order valence-electron chi connectivity index (χ3n) is 3.42. The standard InChI is InChI=1S/C15H24O.C5H6N2O2S/c1-10-8-11(14(2,3)4)13(16)12(9-10)15(5,6)7;1-3-4(8)6-5(10)7-9-2/h8-9,16H,1-7H3;1H,2H3,(H2,6,7,8,10). The Bertz CT molecular complexity index is 657. The van der Waals surface area contributed by atoms with Crippen molar-refractivity contribution in [2.75, 3.05) is 7.11 Å². The molecule has 0 aliphatic heterocycles. The van der Waals surface area contributed by atoms with Crippen molar-refractivity contribution in [1.82, 2.24) is 10.8 Å². The third-order valence-corrected chi connectivity index (χ3v) is 3.61. The molecule has 144 valence electrons. The van der Waals surface area contributed by atoms with Gasteiger partial charge in [-0.05, 0) is 47.0 Å². The highest BCUT2D eigenvalue weighted by molar-refractivity contribution is 7.80. The molecule has 1 aromatic rings. The largest absolute Gasteiger partial charge is 0.507 e. The summed E-state index contributed by atoms with van der Waals surface area (Å²) in [5.74, 6) is 1.68. The molecule has 0 aliphatic rings. The van der Waals surface area contributed by atoms with Gasteiger partial charge in [-0.3, -0.25) is 14.9 Å². The Labute approximate surface area is 162 Å². The summed E-state index contributed by atoms with van der Waals surface area (Å²) >= 11 is 4.53.